The molecule has 3 heteroatoms. The molecule has 0 aliphatic rings. The van der Waals surface area contributed by atoms with E-state index in [0.717, 1.165) is 0 Å². The fourth-order valence-corrected chi connectivity index (χ4v) is 0.746. The average Bonchev–Trinajstić information content (AvgIpc) is 2.06. The van der Waals surface area contributed by atoms with E-state index in [1.165, 1.54) is 6.20 Å². The van der Waals surface area contributed by atoms with Crippen LogP contribution in [0.4, 0.5) is 0 Å². The van der Waals surface area contributed by atoms with Gasteiger partial charge in [0, 0.05) is 18.8 Å². The van der Waals surface area contributed by atoms with Gasteiger partial charge in [0.2, 0.25) is 0 Å². The summed E-state index contributed by atoms with van der Waals surface area (Å²) in [6.07, 6.45) is 5.37. The lowest BCUT2D eigenvalue weighted by atomic mass is 10.2. The highest BCUT2D eigenvalue weighted by Gasteiger charge is 1.99. The normalized spacial score (nSPS) is 8.64. The zero-order valence-corrected chi connectivity index (χ0v) is 5.99. The number of hydrogen-bond acceptors (Lipinski definition) is 3. The number of rotatable bonds is 2. The third-order valence-corrected chi connectivity index (χ3v) is 1.22. The van der Waals surface area contributed by atoms with Crippen molar-refractivity contribution in [3.8, 4) is 6.07 Å². The van der Waals surface area contributed by atoms with Crippen molar-refractivity contribution in [2.75, 3.05) is 0 Å². The van der Waals surface area contributed by atoms with Crippen LogP contribution >= 0.6 is 0 Å². The fourth-order valence-electron chi connectivity index (χ4n) is 0.746. The van der Waals surface area contributed by atoms with Crippen LogP contribution in [0.3, 0.4) is 0 Å². The lowest BCUT2D eigenvalue weighted by molar-refractivity contribution is 1.03. The van der Waals surface area contributed by atoms with E-state index in [1.54, 1.807) is 12.3 Å². The van der Waals surface area contributed by atoms with E-state index in [-0.39, 0.29) is 0 Å². The smallest absolute Gasteiger partial charge is 0.162 e. The van der Waals surface area contributed by atoms with Gasteiger partial charge in [-0.25, -0.2) is 4.98 Å². The molecular weight excluding hydrogens is 138 g/mol. The Balaban J connectivity index is 3.04. The van der Waals surface area contributed by atoms with E-state index in [0.29, 0.717) is 17.8 Å². The van der Waals surface area contributed by atoms with Crippen LogP contribution in [-0.4, -0.2) is 9.97 Å². The second-order valence-corrected chi connectivity index (χ2v) is 1.96. The Kier molecular flexibility index (Phi) is 2.34. The molecular formula is C8H7N3. The molecule has 0 spiro atoms. The molecule has 0 fully saturated rings. The van der Waals surface area contributed by atoms with Crippen molar-refractivity contribution < 1.29 is 0 Å². The highest BCUT2D eigenvalue weighted by atomic mass is 14.8. The molecule has 0 amide bonds. The monoisotopic (exact) mass is 145 g/mol. The molecule has 1 heterocycles. The number of allylic oxidation sites excluding steroid dienone is 1. The number of nitriles is 1. The van der Waals surface area contributed by atoms with E-state index in [1.807, 2.05) is 6.07 Å². The molecule has 0 N–H and O–H groups in total. The van der Waals surface area contributed by atoms with Crippen molar-refractivity contribution in [2.45, 2.75) is 6.42 Å². The van der Waals surface area contributed by atoms with Gasteiger partial charge in [-0.15, -0.1) is 6.58 Å². The molecule has 0 aliphatic carbocycles. The van der Waals surface area contributed by atoms with Crippen LogP contribution in [0.2, 0.25) is 0 Å². The van der Waals surface area contributed by atoms with Crippen molar-refractivity contribution in [3.63, 3.8) is 0 Å². The van der Waals surface area contributed by atoms with Crippen molar-refractivity contribution in [3.05, 3.63) is 36.4 Å². The Bertz CT molecular complexity index is 298. The lowest BCUT2D eigenvalue weighted by Gasteiger charge is -1.94. The first-order valence-electron chi connectivity index (χ1n) is 3.19. The van der Waals surface area contributed by atoms with Crippen molar-refractivity contribution >= 4 is 0 Å². The molecule has 0 radical (unpaired) electrons. The minimum Gasteiger partial charge on any atom is -0.256 e. The largest absolute Gasteiger partial charge is 0.256 e. The molecule has 1 aromatic heterocycles. The second kappa shape index (κ2) is 3.47. The van der Waals surface area contributed by atoms with E-state index < -0.39 is 0 Å². The van der Waals surface area contributed by atoms with Crippen LogP contribution in [-0.2, 0) is 6.42 Å². The summed E-state index contributed by atoms with van der Waals surface area (Å²) in [7, 11) is 0. The van der Waals surface area contributed by atoms with Crippen molar-refractivity contribution in [1.82, 2.24) is 9.97 Å². The van der Waals surface area contributed by atoms with E-state index in [4.69, 9.17) is 5.26 Å². The van der Waals surface area contributed by atoms with Crippen LogP contribution < -0.4 is 0 Å². The topological polar surface area (TPSA) is 49.6 Å². The summed E-state index contributed by atoms with van der Waals surface area (Å²) in [5.74, 6) is 0. The fraction of sp³-hybridized carbons (Fsp3) is 0.125. The SMILES string of the molecule is C=CCc1nccnc1C#N. The average molecular weight is 145 g/mol. The highest BCUT2D eigenvalue weighted by molar-refractivity contribution is 5.25. The summed E-state index contributed by atoms with van der Waals surface area (Å²) in [4.78, 5) is 7.83. The quantitative estimate of drug-likeness (QED) is 0.585. The number of nitrogens with zero attached hydrogens (tertiary/aromatic N) is 3. The van der Waals surface area contributed by atoms with E-state index >= 15 is 0 Å². The minimum atomic E-state index is 0.382. The summed E-state index contributed by atoms with van der Waals surface area (Å²) in [5.41, 5.74) is 1.07. The van der Waals surface area contributed by atoms with Gasteiger partial charge in [0.25, 0.3) is 0 Å². The van der Waals surface area contributed by atoms with Gasteiger partial charge in [0.15, 0.2) is 5.69 Å². The van der Waals surface area contributed by atoms with Gasteiger partial charge >= 0.3 is 0 Å². The molecule has 3 nitrogen and oxygen atoms in total. The van der Waals surface area contributed by atoms with Gasteiger partial charge in [0.1, 0.15) is 6.07 Å². The maximum atomic E-state index is 8.56. The molecule has 0 atom stereocenters. The molecule has 1 aromatic rings. The predicted molar refractivity (Wildman–Crippen MR) is 40.6 cm³/mol. The molecule has 54 valence electrons. The maximum Gasteiger partial charge on any atom is 0.162 e. The standard InChI is InChI=1S/C8H7N3/c1-2-3-7-8(6-9)11-5-4-10-7/h2,4-5H,1,3H2. The van der Waals surface area contributed by atoms with Gasteiger partial charge in [-0.3, -0.25) is 4.98 Å². The summed E-state index contributed by atoms with van der Waals surface area (Å²) < 4.78 is 0. The van der Waals surface area contributed by atoms with Crippen LogP contribution in [0.25, 0.3) is 0 Å². The Morgan fingerprint density at radius 3 is 2.91 bits per heavy atom. The predicted octanol–water partition coefficient (Wildman–Crippen LogP) is 1.08. The molecule has 0 saturated heterocycles. The third-order valence-electron chi connectivity index (χ3n) is 1.22. The maximum absolute atomic E-state index is 8.56. The Morgan fingerprint density at radius 2 is 2.27 bits per heavy atom. The first-order valence-corrected chi connectivity index (χ1v) is 3.19. The van der Waals surface area contributed by atoms with Gasteiger partial charge in [0.05, 0.1) is 5.69 Å². The summed E-state index contributed by atoms with van der Waals surface area (Å²) in [5, 5.41) is 8.56. The third kappa shape index (κ3) is 1.62. The van der Waals surface area contributed by atoms with E-state index in [2.05, 4.69) is 16.5 Å². The number of hydrogen-bond donors (Lipinski definition) is 0. The molecule has 0 saturated carbocycles. The van der Waals surface area contributed by atoms with Crippen LogP contribution in [0.1, 0.15) is 11.4 Å². The Morgan fingerprint density at radius 1 is 1.55 bits per heavy atom. The number of aromatic nitrogens is 2. The zero-order valence-electron chi connectivity index (χ0n) is 5.99. The summed E-state index contributed by atoms with van der Waals surface area (Å²) in [6, 6.07) is 1.96. The minimum absolute atomic E-state index is 0.382. The second-order valence-electron chi connectivity index (χ2n) is 1.96. The molecule has 0 bridgehead atoms. The van der Waals surface area contributed by atoms with Gasteiger partial charge in [-0.2, -0.15) is 5.26 Å². The zero-order chi connectivity index (χ0) is 8.10. The van der Waals surface area contributed by atoms with E-state index in [9.17, 15) is 0 Å². The van der Waals surface area contributed by atoms with Crippen LogP contribution in [0.5, 0.6) is 0 Å². The van der Waals surface area contributed by atoms with Gasteiger partial charge in [-0.05, 0) is 0 Å². The first kappa shape index (κ1) is 7.42. The first-order chi connectivity index (χ1) is 5.38. The van der Waals surface area contributed by atoms with Crippen LogP contribution in [0, 0.1) is 11.3 Å². The van der Waals surface area contributed by atoms with Crippen LogP contribution in [0.15, 0.2) is 25.0 Å². The summed E-state index contributed by atoms with van der Waals surface area (Å²) in [6.45, 7) is 3.55. The molecule has 0 aliphatic heterocycles. The molecule has 0 aromatic carbocycles. The highest BCUT2D eigenvalue weighted by Crippen LogP contribution is 2.00. The Labute approximate surface area is 65.0 Å². The molecule has 0 unspecified atom stereocenters. The van der Waals surface area contributed by atoms with Crippen molar-refractivity contribution in [1.29, 1.82) is 5.26 Å². The Hall–Kier alpha value is -1.69. The van der Waals surface area contributed by atoms with Crippen molar-refractivity contribution in [2.24, 2.45) is 0 Å². The molecule has 1 rings (SSSR count). The molecule has 11 heavy (non-hydrogen) atoms. The van der Waals surface area contributed by atoms with Gasteiger partial charge < -0.3 is 0 Å². The van der Waals surface area contributed by atoms with Gasteiger partial charge in [-0.1, -0.05) is 6.08 Å². The summed E-state index contributed by atoms with van der Waals surface area (Å²) >= 11 is 0. The lowest BCUT2D eigenvalue weighted by Crippen LogP contribution is -1.94.